The molecule has 0 atom stereocenters. The molecular formula is C22H40N3O6P. The van der Waals surface area contributed by atoms with Crippen molar-refractivity contribution in [2.75, 3.05) is 19.7 Å². The summed E-state index contributed by atoms with van der Waals surface area (Å²) in [4.78, 5) is 31.1. The van der Waals surface area contributed by atoms with Crippen LogP contribution in [0.1, 0.15) is 70.3 Å². The lowest BCUT2D eigenvalue weighted by Gasteiger charge is -2.38. The minimum atomic E-state index is -4.51. The van der Waals surface area contributed by atoms with E-state index in [0.29, 0.717) is 13.2 Å². The SMILES string of the molecule is CCCCCCCCCCCOc1cccc(CNC(=O)N2CC(OP(=O)(O)O)C2)c1.N. The number of unbranched alkanes of at least 4 members (excludes halogenated alkanes) is 8. The van der Waals surface area contributed by atoms with E-state index in [1.165, 1.54) is 56.3 Å². The first-order valence-electron chi connectivity index (χ1n) is 11.4. The largest absolute Gasteiger partial charge is 0.494 e. The third-order valence-corrected chi connectivity index (χ3v) is 5.85. The second kappa shape index (κ2) is 15.2. The van der Waals surface area contributed by atoms with Crippen LogP contribution in [-0.4, -0.2) is 46.5 Å². The number of amides is 2. The number of benzene rings is 1. The van der Waals surface area contributed by atoms with Crippen LogP contribution in [0, 0.1) is 0 Å². The fourth-order valence-corrected chi connectivity index (χ4v) is 4.02. The lowest BCUT2D eigenvalue weighted by atomic mass is 10.1. The van der Waals surface area contributed by atoms with E-state index in [1.807, 2.05) is 24.3 Å². The summed E-state index contributed by atoms with van der Waals surface area (Å²) < 4.78 is 21.2. The highest BCUT2D eigenvalue weighted by Crippen LogP contribution is 2.39. The molecular weight excluding hydrogens is 433 g/mol. The summed E-state index contributed by atoms with van der Waals surface area (Å²) in [6.45, 7) is 3.62. The first kappa shape index (κ1) is 28.4. The van der Waals surface area contributed by atoms with Crippen LogP contribution in [0.15, 0.2) is 24.3 Å². The Balaban J connectivity index is 0.00000512. The molecule has 1 aliphatic heterocycles. The van der Waals surface area contributed by atoms with Crippen molar-refractivity contribution >= 4 is 13.9 Å². The molecule has 184 valence electrons. The summed E-state index contributed by atoms with van der Waals surface area (Å²) in [6.07, 6.45) is 10.9. The van der Waals surface area contributed by atoms with Crippen LogP contribution < -0.4 is 16.2 Å². The van der Waals surface area contributed by atoms with E-state index in [9.17, 15) is 9.36 Å². The number of carbonyl (C=O) groups is 1. The smallest absolute Gasteiger partial charge is 0.469 e. The normalized spacial score (nSPS) is 13.9. The van der Waals surface area contributed by atoms with Crippen LogP contribution >= 0.6 is 7.82 Å². The van der Waals surface area contributed by atoms with Crippen LogP contribution in [0.4, 0.5) is 4.79 Å². The highest BCUT2D eigenvalue weighted by atomic mass is 31.2. The van der Waals surface area contributed by atoms with Gasteiger partial charge in [-0.3, -0.25) is 4.52 Å². The van der Waals surface area contributed by atoms with Gasteiger partial charge >= 0.3 is 13.9 Å². The second-order valence-corrected chi connectivity index (χ2v) is 9.30. The van der Waals surface area contributed by atoms with Crippen molar-refractivity contribution < 1.29 is 28.4 Å². The summed E-state index contributed by atoms with van der Waals surface area (Å²) in [6, 6.07) is 7.37. The van der Waals surface area contributed by atoms with Gasteiger partial charge in [0.15, 0.2) is 0 Å². The van der Waals surface area contributed by atoms with E-state index < -0.39 is 13.9 Å². The zero-order valence-corrected chi connectivity index (χ0v) is 20.1. The van der Waals surface area contributed by atoms with Gasteiger partial charge in [0, 0.05) is 6.54 Å². The van der Waals surface area contributed by atoms with E-state index in [4.69, 9.17) is 14.5 Å². The molecule has 10 heteroatoms. The first-order valence-corrected chi connectivity index (χ1v) is 12.9. The number of phosphoric ester groups is 1. The van der Waals surface area contributed by atoms with Gasteiger partial charge in [-0.1, -0.05) is 70.4 Å². The monoisotopic (exact) mass is 473 g/mol. The van der Waals surface area contributed by atoms with Crippen LogP contribution in [0.25, 0.3) is 0 Å². The molecule has 1 aromatic carbocycles. The zero-order valence-electron chi connectivity index (χ0n) is 19.2. The summed E-state index contributed by atoms with van der Waals surface area (Å²) in [7, 11) is -4.51. The van der Waals surface area contributed by atoms with Gasteiger partial charge in [0.25, 0.3) is 0 Å². The summed E-state index contributed by atoms with van der Waals surface area (Å²) >= 11 is 0. The predicted molar refractivity (Wildman–Crippen MR) is 125 cm³/mol. The number of hydrogen-bond donors (Lipinski definition) is 4. The van der Waals surface area contributed by atoms with Crippen LogP contribution in [-0.2, 0) is 15.6 Å². The van der Waals surface area contributed by atoms with Crippen molar-refractivity contribution in [3.05, 3.63) is 29.8 Å². The highest BCUT2D eigenvalue weighted by molar-refractivity contribution is 7.46. The van der Waals surface area contributed by atoms with Crippen LogP contribution in [0.2, 0.25) is 0 Å². The van der Waals surface area contributed by atoms with Gasteiger partial charge in [-0.25, -0.2) is 9.36 Å². The maximum atomic E-state index is 12.1. The number of rotatable bonds is 15. The summed E-state index contributed by atoms with van der Waals surface area (Å²) in [5.41, 5.74) is 0.932. The average molecular weight is 474 g/mol. The van der Waals surface area contributed by atoms with Crippen LogP contribution in [0.3, 0.4) is 0 Å². The fourth-order valence-electron chi connectivity index (χ4n) is 3.50. The molecule has 1 saturated heterocycles. The molecule has 0 radical (unpaired) electrons. The number of hydrogen-bond acceptors (Lipinski definition) is 5. The Labute approximate surface area is 191 Å². The third-order valence-electron chi connectivity index (χ3n) is 5.28. The number of carbonyl (C=O) groups excluding carboxylic acids is 1. The van der Waals surface area contributed by atoms with E-state index in [0.717, 1.165) is 17.7 Å². The molecule has 1 fully saturated rings. The Morgan fingerprint density at radius 1 is 1.09 bits per heavy atom. The molecule has 0 spiro atoms. The van der Waals surface area contributed by atoms with Gasteiger partial charge in [0.1, 0.15) is 11.9 Å². The number of nitrogens with one attached hydrogen (secondary N) is 1. The van der Waals surface area contributed by atoms with Crippen molar-refractivity contribution in [3.63, 3.8) is 0 Å². The molecule has 0 saturated carbocycles. The minimum Gasteiger partial charge on any atom is -0.494 e. The molecule has 0 unspecified atom stereocenters. The molecule has 2 rings (SSSR count). The standard InChI is InChI=1S/C22H37N2O6P.H3N/c1-2-3-4-5-6-7-8-9-10-14-29-20-13-11-12-19(15-20)16-23-22(25)24-17-21(18-24)30-31(26,27)28;/h11-13,15,21H,2-10,14,16-18H2,1H3,(H,23,25)(H2,26,27,28);1H3. The first-order chi connectivity index (χ1) is 14.9. The minimum absolute atomic E-state index is 0. The quantitative estimate of drug-likeness (QED) is 0.212. The Hall–Kier alpha value is -1.64. The molecule has 0 bridgehead atoms. The lowest BCUT2D eigenvalue weighted by Crippen LogP contribution is -2.57. The van der Waals surface area contributed by atoms with Gasteiger partial charge in [0.2, 0.25) is 0 Å². The van der Waals surface area contributed by atoms with E-state index in [-0.39, 0.29) is 25.3 Å². The van der Waals surface area contributed by atoms with Gasteiger partial charge in [-0.2, -0.15) is 0 Å². The Morgan fingerprint density at radius 2 is 1.72 bits per heavy atom. The molecule has 1 aromatic rings. The number of urea groups is 1. The van der Waals surface area contributed by atoms with Crippen molar-refractivity contribution in [2.24, 2.45) is 0 Å². The Bertz CT molecular complexity index is 709. The predicted octanol–water partition coefficient (Wildman–Crippen LogP) is 4.76. The van der Waals surface area contributed by atoms with E-state index >= 15 is 0 Å². The molecule has 9 nitrogen and oxygen atoms in total. The number of nitrogens with zero attached hydrogens (tertiary/aromatic N) is 1. The van der Waals surface area contributed by atoms with Gasteiger partial charge in [-0.05, 0) is 24.1 Å². The van der Waals surface area contributed by atoms with E-state index in [2.05, 4.69) is 16.8 Å². The number of ether oxygens (including phenoxy) is 1. The van der Waals surface area contributed by atoms with Gasteiger partial charge in [-0.15, -0.1) is 0 Å². The highest BCUT2D eigenvalue weighted by Gasteiger charge is 2.35. The van der Waals surface area contributed by atoms with Crippen molar-refractivity contribution in [3.8, 4) is 5.75 Å². The van der Waals surface area contributed by atoms with E-state index in [1.54, 1.807) is 0 Å². The number of likely N-dealkylation sites (tertiary alicyclic amines) is 1. The molecule has 0 aliphatic carbocycles. The van der Waals surface area contributed by atoms with Gasteiger partial charge < -0.3 is 30.9 Å². The Morgan fingerprint density at radius 3 is 2.34 bits per heavy atom. The van der Waals surface area contributed by atoms with Crippen LogP contribution in [0.5, 0.6) is 5.75 Å². The molecule has 2 amide bonds. The zero-order chi connectivity index (χ0) is 22.5. The second-order valence-electron chi connectivity index (χ2n) is 8.11. The lowest BCUT2D eigenvalue weighted by molar-refractivity contribution is 0.0229. The molecule has 0 aromatic heterocycles. The molecule has 32 heavy (non-hydrogen) atoms. The average Bonchev–Trinajstić information content (AvgIpc) is 2.69. The fraction of sp³-hybridized carbons (Fsp3) is 0.682. The van der Waals surface area contributed by atoms with Gasteiger partial charge in [0.05, 0.1) is 19.7 Å². The Kier molecular flexibility index (Phi) is 13.5. The number of phosphoric acid groups is 1. The van der Waals surface area contributed by atoms with Crippen molar-refractivity contribution in [2.45, 2.75) is 77.4 Å². The maximum absolute atomic E-state index is 12.1. The third kappa shape index (κ3) is 11.8. The summed E-state index contributed by atoms with van der Waals surface area (Å²) in [5, 5.41) is 2.80. The van der Waals surface area contributed by atoms with Crippen molar-refractivity contribution in [1.29, 1.82) is 0 Å². The molecule has 1 heterocycles. The maximum Gasteiger partial charge on any atom is 0.469 e. The topological polar surface area (TPSA) is 143 Å². The summed E-state index contributed by atoms with van der Waals surface area (Å²) in [5.74, 6) is 0.797. The molecule has 1 aliphatic rings. The molecule has 6 N–H and O–H groups in total. The van der Waals surface area contributed by atoms with Crippen molar-refractivity contribution in [1.82, 2.24) is 16.4 Å².